The van der Waals surface area contributed by atoms with Crippen molar-refractivity contribution in [3.63, 3.8) is 0 Å². The molecule has 2 rings (SSSR count). The van der Waals surface area contributed by atoms with Crippen LogP contribution < -0.4 is 0 Å². The SMILES string of the molecule is O=C(Cc1ccc(I)cc1[N+](=O)[O-])c1ccccc1. The quantitative estimate of drug-likeness (QED) is 0.359. The van der Waals surface area contributed by atoms with Crippen LogP contribution in [0.3, 0.4) is 0 Å². The number of benzene rings is 2. The number of nitro groups is 1. The summed E-state index contributed by atoms with van der Waals surface area (Å²) in [6.45, 7) is 0. The minimum atomic E-state index is -0.449. The van der Waals surface area contributed by atoms with Crippen molar-refractivity contribution < 1.29 is 9.72 Å². The highest BCUT2D eigenvalue weighted by Crippen LogP contribution is 2.23. The van der Waals surface area contributed by atoms with Crippen LogP contribution in [0.1, 0.15) is 15.9 Å². The molecule has 96 valence electrons. The number of ketones is 1. The lowest BCUT2D eigenvalue weighted by Crippen LogP contribution is -2.06. The minimum Gasteiger partial charge on any atom is -0.294 e. The van der Waals surface area contributed by atoms with Crippen molar-refractivity contribution >= 4 is 34.1 Å². The predicted molar refractivity (Wildman–Crippen MR) is 80.3 cm³/mol. The number of Topliss-reactive ketones (excluding diaryl/α,β-unsaturated/α-hetero) is 1. The molecule has 0 fully saturated rings. The number of nitro benzene ring substituents is 1. The zero-order valence-corrected chi connectivity index (χ0v) is 12.0. The fraction of sp³-hybridized carbons (Fsp3) is 0.0714. The summed E-state index contributed by atoms with van der Waals surface area (Å²) in [6.07, 6.45) is 0.0389. The summed E-state index contributed by atoms with van der Waals surface area (Å²) < 4.78 is 0.778. The van der Waals surface area contributed by atoms with E-state index in [1.165, 1.54) is 6.07 Å². The average molecular weight is 367 g/mol. The van der Waals surface area contributed by atoms with Crippen molar-refractivity contribution in [1.29, 1.82) is 0 Å². The van der Waals surface area contributed by atoms with E-state index in [1.54, 1.807) is 36.4 Å². The fourth-order valence-electron chi connectivity index (χ4n) is 1.76. The summed E-state index contributed by atoms with van der Waals surface area (Å²) in [4.78, 5) is 22.6. The van der Waals surface area contributed by atoms with Crippen molar-refractivity contribution in [3.8, 4) is 0 Å². The predicted octanol–water partition coefficient (Wildman–Crippen LogP) is 3.62. The van der Waals surface area contributed by atoms with E-state index in [-0.39, 0.29) is 17.9 Å². The van der Waals surface area contributed by atoms with E-state index in [4.69, 9.17) is 0 Å². The lowest BCUT2D eigenvalue weighted by molar-refractivity contribution is -0.385. The smallest absolute Gasteiger partial charge is 0.274 e. The number of nitrogens with zero attached hydrogens (tertiary/aromatic N) is 1. The number of carbonyl (C=O) groups is 1. The van der Waals surface area contributed by atoms with Crippen LogP contribution >= 0.6 is 22.6 Å². The fourth-order valence-corrected chi connectivity index (χ4v) is 2.23. The van der Waals surface area contributed by atoms with Crippen molar-refractivity contribution in [2.45, 2.75) is 6.42 Å². The Morgan fingerprint density at radius 3 is 2.47 bits per heavy atom. The molecule has 0 aromatic heterocycles. The van der Waals surface area contributed by atoms with Crippen LogP contribution in [0.25, 0.3) is 0 Å². The van der Waals surface area contributed by atoms with Gasteiger partial charge in [0.15, 0.2) is 5.78 Å². The van der Waals surface area contributed by atoms with Gasteiger partial charge in [-0.25, -0.2) is 0 Å². The molecule has 0 aliphatic heterocycles. The topological polar surface area (TPSA) is 60.2 Å². The highest BCUT2D eigenvalue weighted by atomic mass is 127. The van der Waals surface area contributed by atoms with Crippen LogP contribution in [-0.2, 0) is 6.42 Å². The first-order chi connectivity index (χ1) is 9.08. The molecule has 0 heterocycles. The van der Waals surface area contributed by atoms with Gasteiger partial charge < -0.3 is 0 Å². The van der Waals surface area contributed by atoms with E-state index in [0.29, 0.717) is 11.1 Å². The van der Waals surface area contributed by atoms with Gasteiger partial charge in [-0.05, 0) is 28.7 Å². The Morgan fingerprint density at radius 2 is 1.84 bits per heavy atom. The van der Waals surface area contributed by atoms with Gasteiger partial charge in [-0.15, -0.1) is 0 Å². The van der Waals surface area contributed by atoms with Gasteiger partial charge in [0.1, 0.15) is 0 Å². The third-order valence-electron chi connectivity index (χ3n) is 2.69. The molecule has 4 nitrogen and oxygen atoms in total. The van der Waals surface area contributed by atoms with Gasteiger partial charge in [0.05, 0.1) is 4.92 Å². The molecule has 0 spiro atoms. The van der Waals surface area contributed by atoms with Gasteiger partial charge in [0.2, 0.25) is 0 Å². The Bertz CT molecular complexity index is 626. The number of hydrogen-bond acceptors (Lipinski definition) is 3. The van der Waals surface area contributed by atoms with Crippen LogP contribution in [0.2, 0.25) is 0 Å². The maximum Gasteiger partial charge on any atom is 0.274 e. The molecule has 0 atom stereocenters. The van der Waals surface area contributed by atoms with Crippen molar-refractivity contribution in [2.24, 2.45) is 0 Å². The minimum absolute atomic E-state index is 0.00354. The Kier molecular flexibility index (Phi) is 4.26. The summed E-state index contributed by atoms with van der Waals surface area (Å²) in [5.74, 6) is -0.120. The van der Waals surface area contributed by atoms with E-state index in [2.05, 4.69) is 0 Å². The highest BCUT2D eigenvalue weighted by Gasteiger charge is 2.17. The number of hydrogen-bond donors (Lipinski definition) is 0. The lowest BCUT2D eigenvalue weighted by atomic mass is 10.0. The van der Waals surface area contributed by atoms with E-state index >= 15 is 0 Å². The lowest BCUT2D eigenvalue weighted by Gasteiger charge is -2.03. The van der Waals surface area contributed by atoms with Crippen LogP contribution in [0.4, 0.5) is 5.69 Å². The molecule has 0 radical (unpaired) electrons. The second-order valence-corrected chi connectivity index (χ2v) is 5.24. The third kappa shape index (κ3) is 3.37. The van der Waals surface area contributed by atoms with Crippen LogP contribution in [0.5, 0.6) is 0 Å². The molecule has 2 aromatic carbocycles. The maximum absolute atomic E-state index is 12.0. The average Bonchev–Trinajstić information content (AvgIpc) is 2.41. The van der Waals surface area contributed by atoms with E-state index in [0.717, 1.165) is 3.57 Å². The van der Waals surface area contributed by atoms with E-state index in [1.807, 2.05) is 28.7 Å². The summed E-state index contributed by atoms with van der Waals surface area (Å²) in [5.41, 5.74) is 1.01. The number of halogens is 1. The standard InChI is InChI=1S/C14H10INO3/c15-12-7-6-11(13(9-12)16(18)19)8-14(17)10-4-2-1-3-5-10/h1-7,9H,8H2. The van der Waals surface area contributed by atoms with Crippen LogP contribution in [0, 0.1) is 13.7 Å². The van der Waals surface area contributed by atoms with Crippen molar-refractivity contribution in [3.05, 3.63) is 73.3 Å². The zero-order valence-electron chi connectivity index (χ0n) is 9.88. The molecule has 19 heavy (non-hydrogen) atoms. The Labute approximate surface area is 123 Å². The Morgan fingerprint density at radius 1 is 1.16 bits per heavy atom. The molecule has 5 heteroatoms. The second-order valence-electron chi connectivity index (χ2n) is 4.00. The first-order valence-corrected chi connectivity index (χ1v) is 6.67. The molecule has 0 saturated carbocycles. The van der Waals surface area contributed by atoms with E-state index < -0.39 is 4.92 Å². The van der Waals surface area contributed by atoms with Gasteiger partial charge in [-0.2, -0.15) is 0 Å². The normalized spacial score (nSPS) is 10.2. The molecule has 0 unspecified atom stereocenters. The van der Waals surface area contributed by atoms with Gasteiger partial charge in [0.25, 0.3) is 5.69 Å². The second kappa shape index (κ2) is 5.92. The zero-order chi connectivity index (χ0) is 13.8. The van der Waals surface area contributed by atoms with Crippen LogP contribution in [0.15, 0.2) is 48.5 Å². The van der Waals surface area contributed by atoms with Crippen LogP contribution in [-0.4, -0.2) is 10.7 Å². The maximum atomic E-state index is 12.0. The molecule has 0 N–H and O–H groups in total. The molecule has 0 aliphatic carbocycles. The van der Waals surface area contributed by atoms with E-state index in [9.17, 15) is 14.9 Å². The van der Waals surface area contributed by atoms with Crippen molar-refractivity contribution in [2.75, 3.05) is 0 Å². The first kappa shape index (κ1) is 13.7. The molecule has 0 bridgehead atoms. The number of carbonyl (C=O) groups excluding carboxylic acids is 1. The Hall–Kier alpha value is -1.76. The largest absolute Gasteiger partial charge is 0.294 e. The molecule has 0 amide bonds. The molecule has 0 aliphatic rings. The van der Waals surface area contributed by atoms with Crippen molar-refractivity contribution in [1.82, 2.24) is 0 Å². The Balaban J connectivity index is 2.29. The third-order valence-corrected chi connectivity index (χ3v) is 3.36. The van der Waals surface area contributed by atoms with Gasteiger partial charge in [0, 0.05) is 27.2 Å². The molecular weight excluding hydrogens is 357 g/mol. The van der Waals surface area contributed by atoms with Gasteiger partial charge >= 0.3 is 0 Å². The summed E-state index contributed by atoms with van der Waals surface area (Å²) >= 11 is 2.01. The summed E-state index contributed by atoms with van der Waals surface area (Å²) in [6, 6.07) is 13.7. The molecular formula is C14H10INO3. The summed E-state index contributed by atoms with van der Waals surface area (Å²) in [7, 11) is 0. The summed E-state index contributed by atoms with van der Waals surface area (Å²) in [5, 5.41) is 11.0. The van der Waals surface area contributed by atoms with Gasteiger partial charge in [-0.1, -0.05) is 36.4 Å². The molecule has 0 saturated heterocycles. The molecule has 2 aromatic rings. The first-order valence-electron chi connectivity index (χ1n) is 5.59. The monoisotopic (exact) mass is 367 g/mol. The number of rotatable bonds is 4. The van der Waals surface area contributed by atoms with Gasteiger partial charge in [-0.3, -0.25) is 14.9 Å². The highest BCUT2D eigenvalue weighted by molar-refractivity contribution is 14.1.